The predicted molar refractivity (Wildman–Crippen MR) is 76.9 cm³/mol. The molecule has 0 atom stereocenters. The van der Waals surface area contributed by atoms with Gasteiger partial charge in [-0.25, -0.2) is 4.39 Å². The fraction of sp³-hybridized carbons (Fsp3) is 0.312. The average Bonchev–Trinajstić information content (AvgIpc) is 2.99. The molecule has 112 valence electrons. The second-order valence-corrected chi connectivity index (χ2v) is 4.66. The summed E-state index contributed by atoms with van der Waals surface area (Å²) in [6.07, 6.45) is 1.60. The van der Waals surface area contributed by atoms with Gasteiger partial charge in [-0.15, -0.1) is 0 Å². The highest BCUT2D eigenvalue weighted by molar-refractivity contribution is 5.97. The molecule has 4 nitrogen and oxygen atoms in total. The second kappa shape index (κ2) is 7.04. The van der Waals surface area contributed by atoms with Crippen molar-refractivity contribution in [2.45, 2.75) is 13.5 Å². The minimum Gasteiger partial charge on any atom is -0.494 e. The zero-order chi connectivity index (χ0) is 15.2. The van der Waals surface area contributed by atoms with Gasteiger partial charge in [0.05, 0.1) is 26.5 Å². The van der Waals surface area contributed by atoms with Gasteiger partial charge in [0.1, 0.15) is 5.76 Å². The smallest absolute Gasteiger partial charge is 0.176 e. The average molecular weight is 291 g/mol. The fourth-order valence-corrected chi connectivity index (χ4v) is 2.04. The summed E-state index contributed by atoms with van der Waals surface area (Å²) < 4.78 is 23.7. The number of nitrogens with zero attached hydrogens (tertiary/aromatic N) is 1. The fourth-order valence-electron chi connectivity index (χ4n) is 2.04. The Bertz CT molecular complexity index is 596. The molecule has 0 N–H and O–H groups in total. The minimum absolute atomic E-state index is 0.134. The summed E-state index contributed by atoms with van der Waals surface area (Å²) in [5, 5.41) is 0. The monoisotopic (exact) mass is 291 g/mol. The number of likely N-dealkylation sites (N-methyl/N-ethyl adjacent to an activating group) is 1. The third-order valence-electron chi connectivity index (χ3n) is 3.25. The van der Waals surface area contributed by atoms with E-state index in [1.54, 1.807) is 12.3 Å². The summed E-state index contributed by atoms with van der Waals surface area (Å²) in [6, 6.07) is 7.92. The molecular formula is C16H18FNO3. The van der Waals surface area contributed by atoms with Crippen LogP contribution in [-0.4, -0.2) is 30.9 Å². The van der Waals surface area contributed by atoms with Crippen LogP contribution >= 0.6 is 0 Å². The van der Waals surface area contributed by atoms with E-state index in [9.17, 15) is 9.18 Å². The van der Waals surface area contributed by atoms with Crippen molar-refractivity contribution in [1.29, 1.82) is 0 Å². The third-order valence-corrected chi connectivity index (χ3v) is 3.25. The van der Waals surface area contributed by atoms with Crippen LogP contribution in [0.15, 0.2) is 41.0 Å². The lowest BCUT2D eigenvalue weighted by molar-refractivity contribution is 0.0924. The molecule has 0 saturated heterocycles. The molecule has 0 fully saturated rings. The summed E-state index contributed by atoms with van der Waals surface area (Å²) in [5.74, 6) is 0.266. The number of hydrogen-bond acceptors (Lipinski definition) is 4. The molecular weight excluding hydrogens is 273 g/mol. The maximum absolute atomic E-state index is 13.6. The molecule has 0 aliphatic carbocycles. The first-order chi connectivity index (χ1) is 10.1. The molecule has 1 heterocycles. The van der Waals surface area contributed by atoms with Crippen LogP contribution in [0.4, 0.5) is 4.39 Å². The van der Waals surface area contributed by atoms with Crippen molar-refractivity contribution in [3.05, 3.63) is 53.7 Å². The van der Waals surface area contributed by atoms with Gasteiger partial charge in [-0.3, -0.25) is 9.69 Å². The van der Waals surface area contributed by atoms with E-state index in [2.05, 4.69) is 0 Å². The number of halogens is 1. The van der Waals surface area contributed by atoms with E-state index in [-0.39, 0.29) is 18.1 Å². The number of methoxy groups -OCH3 is 1. The Morgan fingerprint density at radius 1 is 1.38 bits per heavy atom. The molecule has 5 heteroatoms. The first-order valence-corrected chi connectivity index (χ1v) is 6.75. The molecule has 0 aliphatic rings. The van der Waals surface area contributed by atoms with Crippen molar-refractivity contribution in [3.63, 3.8) is 0 Å². The maximum atomic E-state index is 13.6. The molecule has 2 aromatic rings. The molecule has 0 amide bonds. The quantitative estimate of drug-likeness (QED) is 0.735. The van der Waals surface area contributed by atoms with Gasteiger partial charge in [0.2, 0.25) is 0 Å². The van der Waals surface area contributed by atoms with Gasteiger partial charge in [-0.1, -0.05) is 6.92 Å². The van der Waals surface area contributed by atoms with Crippen molar-refractivity contribution in [3.8, 4) is 5.75 Å². The molecule has 2 rings (SSSR count). The van der Waals surface area contributed by atoms with Gasteiger partial charge in [0.25, 0.3) is 0 Å². The molecule has 0 unspecified atom stereocenters. The number of hydrogen-bond donors (Lipinski definition) is 0. The van der Waals surface area contributed by atoms with E-state index in [0.717, 1.165) is 5.76 Å². The van der Waals surface area contributed by atoms with Crippen LogP contribution in [0.1, 0.15) is 23.0 Å². The Balaban J connectivity index is 2.03. The van der Waals surface area contributed by atoms with Crippen LogP contribution < -0.4 is 4.74 Å². The van der Waals surface area contributed by atoms with Crippen molar-refractivity contribution in [2.24, 2.45) is 0 Å². The van der Waals surface area contributed by atoms with Gasteiger partial charge < -0.3 is 9.15 Å². The summed E-state index contributed by atoms with van der Waals surface area (Å²) in [4.78, 5) is 14.1. The van der Waals surface area contributed by atoms with Crippen molar-refractivity contribution in [1.82, 2.24) is 4.90 Å². The zero-order valence-electron chi connectivity index (χ0n) is 12.1. The predicted octanol–water partition coefficient (Wildman–Crippen LogP) is 3.13. The second-order valence-electron chi connectivity index (χ2n) is 4.66. The maximum Gasteiger partial charge on any atom is 0.176 e. The van der Waals surface area contributed by atoms with E-state index in [1.807, 2.05) is 24.0 Å². The molecule has 0 saturated carbocycles. The number of carbonyl (C=O) groups is 1. The van der Waals surface area contributed by atoms with E-state index in [1.165, 1.54) is 19.2 Å². The lowest BCUT2D eigenvalue weighted by Crippen LogP contribution is -2.29. The molecule has 21 heavy (non-hydrogen) atoms. The number of carbonyl (C=O) groups excluding carboxylic acids is 1. The number of benzene rings is 1. The largest absolute Gasteiger partial charge is 0.494 e. The van der Waals surface area contributed by atoms with Gasteiger partial charge in [-0.05, 0) is 36.9 Å². The third kappa shape index (κ3) is 3.92. The first-order valence-electron chi connectivity index (χ1n) is 6.75. The van der Waals surface area contributed by atoms with E-state index in [0.29, 0.717) is 18.7 Å². The van der Waals surface area contributed by atoms with Crippen LogP contribution in [0.25, 0.3) is 0 Å². The highest BCUT2D eigenvalue weighted by Gasteiger charge is 2.14. The topological polar surface area (TPSA) is 42.7 Å². The van der Waals surface area contributed by atoms with E-state index < -0.39 is 5.82 Å². The van der Waals surface area contributed by atoms with Crippen LogP contribution in [0.5, 0.6) is 5.75 Å². The standard InChI is InChI=1S/C16H18FNO3/c1-3-18(10-13-5-4-8-21-13)11-15(19)12-6-7-16(20-2)14(17)9-12/h4-9H,3,10-11H2,1-2H3. The summed E-state index contributed by atoms with van der Waals surface area (Å²) >= 11 is 0. The van der Waals surface area contributed by atoms with Crippen LogP contribution in [0, 0.1) is 5.82 Å². The number of ketones is 1. The first kappa shape index (κ1) is 15.3. The van der Waals surface area contributed by atoms with Crippen molar-refractivity contribution in [2.75, 3.05) is 20.2 Å². The van der Waals surface area contributed by atoms with Crippen LogP contribution in [0.2, 0.25) is 0 Å². The minimum atomic E-state index is -0.530. The highest BCUT2D eigenvalue weighted by atomic mass is 19.1. The van der Waals surface area contributed by atoms with Crippen molar-refractivity contribution >= 4 is 5.78 Å². The molecule has 1 aromatic carbocycles. The number of furan rings is 1. The SMILES string of the molecule is CCN(CC(=O)c1ccc(OC)c(F)c1)Cc1ccco1. The van der Waals surface area contributed by atoms with Crippen LogP contribution in [-0.2, 0) is 6.54 Å². The summed E-state index contributed by atoms with van der Waals surface area (Å²) in [6.45, 7) is 3.42. The number of rotatable bonds is 7. The summed E-state index contributed by atoms with van der Waals surface area (Å²) in [5.41, 5.74) is 0.339. The molecule has 0 bridgehead atoms. The Kier molecular flexibility index (Phi) is 5.11. The molecule has 0 radical (unpaired) electrons. The zero-order valence-corrected chi connectivity index (χ0v) is 12.1. The Morgan fingerprint density at radius 3 is 2.76 bits per heavy atom. The number of ether oxygens (including phenoxy) is 1. The van der Waals surface area contributed by atoms with Gasteiger partial charge in [0, 0.05) is 5.56 Å². The normalized spacial score (nSPS) is 10.9. The lowest BCUT2D eigenvalue weighted by Gasteiger charge is -2.18. The molecule has 0 aliphatic heterocycles. The Labute approximate surface area is 123 Å². The van der Waals surface area contributed by atoms with E-state index in [4.69, 9.17) is 9.15 Å². The lowest BCUT2D eigenvalue weighted by atomic mass is 10.1. The van der Waals surface area contributed by atoms with Crippen LogP contribution in [0.3, 0.4) is 0 Å². The molecule has 1 aromatic heterocycles. The van der Waals surface area contributed by atoms with Crippen molar-refractivity contribution < 1.29 is 18.3 Å². The van der Waals surface area contributed by atoms with Gasteiger partial charge in [0.15, 0.2) is 17.3 Å². The highest BCUT2D eigenvalue weighted by Crippen LogP contribution is 2.18. The van der Waals surface area contributed by atoms with Gasteiger partial charge in [-0.2, -0.15) is 0 Å². The summed E-state index contributed by atoms with van der Waals surface area (Å²) in [7, 11) is 1.39. The Hall–Kier alpha value is -2.14. The van der Waals surface area contributed by atoms with Gasteiger partial charge >= 0.3 is 0 Å². The number of Topliss-reactive ketones (excluding diaryl/α,β-unsaturated/α-hetero) is 1. The molecule has 0 spiro atoms. The Morgan fingerprint density at radius 2 is 2.19 bits per heavy atom. The van der Waals surface area contributed by atoms with E-state index >= 15 is 0 Å².